The fraction of sp³-hybridized carbons (Fsp3) is 0.0870. The Morgan fingerprint density at radius 1 is 0.909 bits per heavy atom. The first-order chi connectivity index (χ1) is 15.9. The third-order valence-corrected chi connectivity index (χ3v) is 5.03. The highest BCUT2D eigenvalue weighted by Gasteiger charge is 2.38. The molecule has 0 spiro atoms. The number of hydrogen-bond acceptors (Lipinski definition) is 6. The number of rotatable bonds is 5. The number of nitrogens with one attached hydrogen (secondary N) is 2. The highest BCUT2D eigenvalue weighted by atomic mass is 19.3. The number of hydrogen-bond donors (Lipinski definition) is 2. The highest BCUT2D eigenvalue weighted by molar-refractivity contribution is 5.93. The fourth-order valence-electron chi connectivity index (χ4n) is 3.38. The van der Waals surface area contributed by atoms with Crippen molar-refractivity contribution in [1.82, 2.24) is 30.1 Å². The average Bonchev–Trinajstić information content (AvgIpc) is 3.24. The molecule has 5 rings (SSSR count). The molecule has 0 unspecified atom stereocenters. The highest BCUT2D eigenvalue weighted by Crippen LogP contribution is 2.37. The van der Waals surface area contributed by atoms with Gasteiger partial charge in [0.2, 0.25) is 5.82 Å². The molecular formula is C23H16F3N7. The summed E-state index contributed by atoms with van der Waals surface area (Å²) in [7, 11) is 0. The Hall–Kier alpha value is -4.34. The average molecular weight is 447 g/mol. The van der Waals surface area contributed by atoms with Crippen LogP contribution in [0.4, 0.5) is 24.8 Å². The van der Waals surface area contributed by atoms with E-state index in [1.807, 2.05) is 13.0 Å². The third kappa shape index (κ3) is 3.98. The molecule has 5 aromatic rings. The van der Waals surface area contributed by atoms with Crippen molar-refractivity contribution in [2.24, 2.45) is 0 Å². The van der Waals surface area contributed by atoms with Crippen LogP contribution in [-0.2, 0) is 5.92 Å². The summed E-state index contributed by atoms with van der Waals surface area (Å²) in [5.41, 5.74) is 2.08. The van der Waals surface area contributed by atoms with E-state index in [0.717, 1.165) is 30.0 Å². The van der Waals surface area contributed by atoms with Crippen LogP contribution in [0.2, 0.25) is 0 Å². The molecule has 2 N–H and O–H groups in total. The molecule has 0 atom stereocenters. The van der Waals surface area contributed by atoms with Gasteiger partial charge in [-0.25, -0.2) is 24.3 Å². The Bertz CT molecular complexity index is 1430. The van der Waals surface area contributed by atoms with Crippen molar-refractivity contribution < 1.29 is 13.2 Å². The number of halogens is 3. The number of aromatic amines is 1. The molecule has 33 heavy (non-hydrogen) atoms. The van der Waals surface area contributed by atoms with Gasteiger partial charge in [-0.2, -0.15) is 13.9 Å². The summed E-state index contributed by atoms with van der Waals surface area (Å²) in [5, 5.41) is 10.4. The van der Waals surface area contributed by atoms with Crippen LogP contribution in [0.25, 0.3) is 22.0 Å². The van der Waals surface area contributed by atoms with Gasteiger partial charge in [0.1, 0.15) is 18.0 Å². The lowest BCUT2D eigenvalue weighted by molar-refractivity contribution is 0.0333. The van der Waals surface area contributed by atoms with Crippen LogP contribution in [0, 0.1) is 12.7 Å². The minimum atomic E-state index is -3.56. The Balaban J connectivity index is 1.68. The van der Waals surface area contributed by atoms with Crippen molar-refractivity contribution >= 4 is 22.5 Å². The second kappa shape index (κ2) is 7.97. The van der Waals surface area contributed by atoms with Crippen molar-refractivity contribution in [3.05, 3.63) is 90.2 Å². The van der Waals surface area contributed by atoms with Crippen LogP contribution >= 0.6 is 0 Å². The fourth-order valence-corrected chi connectivity index (χ4v) is 3.38. The molecular weight excluding hydrogens is 431 g/mol. The normalized spacial score (nSPS) is 11.6. The Labute approximate surface area is 185 Å². The second-order valence-corrected chi connectivity index (χ2v) is 7.40. The first-order valence-corrected chi connectivity index (χ1v) is 9.91. The molecule has 0 aliphatic rings. The zero-order chi connectivity index (χ0) is 23.0. The van der Waals surface area contributed by atoms with E-state index in [9.17, 15) is 4.39 Å². The molecule has 0 aliphatic carbocycles. The number of benzene rings is 2. The van der Waals surface area contributed by atoms with Crippen molar-refractivity contribution in [2.75, 3.05) is 5.32 Å². The van der Waals surface area contributed by atoms with E-state index in [1.54, 1.807) is 30.6 Å². The van der Waals surface area contributed by atoms with Crippen LogP contribution < -0.4 is 5.32 Å². The van der Waals surface area contributed by atoms with E-state index in [2.05, 4.69) is 35.5 Å². The minimum absolute atomic E-state index is 0.166. The lowest BCUT2D eigenvalue weighted by Crippen LogP contribution is -2.20. The van der Waals surface area contributed by atoms with E-state index in [1.165, 1.54) is 6.33 Å². The van der Waals surface area contributed by atoms with E-state index >= 15 is 8.78 Å². The van der Waals surface area contributed by atoms with Gasteiger partial charge in [0.15, 0.2) is 5.82 Å². The molecule has 164 valence electrons. The van der Waals surface area contributed by atoms with Gasteiger partial charge in [0.05, 0.1) is 5.52 Å². The summed E-state index contributed by atoms with van der Waals surface area (Å²) in [6.45, 7) is 1.82. The predicted octanol–water partition coefficient (Wildman–Crippen LogP) is 5.14. The van der Waals surface area contributed by atoms with E-state index in [4.69, 9.17) is 0 Å². The van der Waals surface area contributed by atoms with Gasteiger partial charge in [-0.05, 0) is 48.9 Å². The minimum Gasteiger partial charge on any atom is -0.323 e. The van der Waals surface area contributed by atoms with Gasteiger partial charge in [-0.15, -0.1) is 0 Å². The SMILES string of the molecule is Cc1cc(Nc2nc(C(F)(F)c3ccc(F)cc3)nc3cc(-c4cncnc4)ccc23)n[nH]1. The maximum Gasteiger partial charge on any atom is 0.331 e. The van der Waals surface area contributed by atoms with E-state index in [0.29, 0.717) is 22.3 Å². The summed E-state index contributed by atoms with van der Waals surface area (Å²) in [5.74, 6) is -4.31. The molecule has 10 heteroatoms. The van der Waals surface area contributed by atoms with E-state index < -0.39 is 23.1 Å². The molecule has 0 radical (unpaired) electrons. The lowest BCUT2D eigenvalue weighted by atomic mass is 10.1. The summed E-state index contributed by atoms with van der Waals surface area (Å²) in [4.78, 5) is 16.3. The number of alkyl halides is 2. The molecule has 0 saturated carbocycles. The number of nitrogens with zero attached hydrogens (tertiary/aromatic N) is 5. The van der Waals surface area contributed by atoms with Gasteiger partial charge in [-0.3, -0.25) is 5.10 Å². The van der Waals surface area contributed by atoms with Gasteiger partial charge in [0, 0.05) is 40.7 Å². The third-order valence-electron chi connectivity index (χ3n) is 5.03. The molecule has 0 bridgehead atoms. The van der Waals surface area contributed by atoms with Crippen LogP contribution in [0.15, 0.2) is 67.3 Å². The first-order valence-electron chi connectivity index (χ1n) is 9.91. The van der Waals surface area contributed by atoms with Crippen molar-refractivity contribution in [3.8, 4) is 11.1 Å². The summed E-state index contributed by atoms with van der Waals surface area (Å²) < 4.78 is 44.0. The van der Waals surface area contributed by atoms with Crippen molar-refractivity contribution in [3.63, 3.8) is 0 Å². The number of H-pyrrole nitrogens is 1. The number of aromatic nitrogens is 6. The van der Waals surface area contributed by atoms with Crippen molar-refractivity contribution in [1.29, 1.82) is 0 Å². The molecule has 3 heterocycles. The monoisotopic (exact) mass is 447 g/mol. The zero-order valence-corrected chi connectivity index (χ0v) is 17.2. The standard InChI is InChI=1S/C23H16F3N7/c1-13-8-20(33-32-13)30-21-18-7-2-14(15-10-27-12-28-11-15)9-19(18)29-22(31-21)23(25,26)16-3-5-17(24)6-4-16/h2-12H,1H3,(H2,29,30,31,32,33). The molecule has 0 fully saturated rings. The van der Waals surface area contributed by atoms with Crippen LogP contribution in [0.3, 0.4) is 0 Å². The summed E-state index contributed by atoms with van der Waals surface area (Å²) in [6.07, 6.45) is 4.64. The van der Waals surface area contributed by atoms with Crippen LogP contribution in [0.1, 0.15) is 17.1 Å². The summed E-state index contributed by atoms with van der Waals surface area (Å²) in [6, 6.07) is 10.9. The largest absolute Gasteiger partial charge is 0.331 e. The maximum absolute atomic E-state index is 15.4. The van der Waals surface area contributed by atoms with Gasteiger partial charge < -0.3 is 5.32 Å². The van der Waals surface area contributed by atoms with Gasteiger partial charge >= 0.3 is 5.92 Å². The Morgan fingerprint density at radius 2 is 1.67 bits per heavy atom. The van der Waals surface area contributed by atoms with Crippen LogP contribution in [0.5, 0.6) is 0 Å². The molecule has 2 aromatic carbocycles. The van der Waals surface area contributed by atoms with Gasteiger partial charge in [0.25, 0.3) is 0 Å². The Kier molecular flexibility index (Phi) is 4.97. The first kappa shape index (κ1) is 20.6. The van der Waals surface area contributed by atoms with E-state index in [-0.39, 0.29) is 11.3 Å². The maximum atomic E-state index is 15.4. The smallest absolute Gasteiger partial charge is 0.323 e. The number of fused-ring (bicyclic) bond motifs is 1. The quantitative estimate of drug-likeness (QED) is 0.388. The molecule has 0 saturated heterocycles. The lowest BCUT2D eigenvalue weighted by Gasteiger charge is -2.18. The number of aryl methyl sites for hydroxylation is 1. The predicted molar refractivity (Wildman–Crippen MR) is 117 cm³/mol. The summed E-state index contributed by atoms with van der Waals surface area (Å²) >= 11 is 0. The molecule has 0 aliphatic heterocycles. The topological polar surface area (TPSA) is 92.3 Å². The molecule has 7 nitrogen and oxygen atoms in total. The number of anilines is 2. The molecule has 3 aromatic heterocycles. The second-order valence-electron chi connectivity index (χ2n) is 7.40. The zero-order valence-electron chi connectivity index (χ0n) is 17.2. The van der Waals surface area contributed by atoms with Crippen LogP contribution in [-0.4, -0.2) is 30.1 Å². The molecule has 0 amide bonds. The Morgan fingerprint density at radius 3 is 2.36 bits per heavy atom. The van der Waals surface area contributed by atoms with Gasteiger partial charge in [-0.1, -0.05) is 6.07 Å². The van der Waals surface area contributed by atoms with Crippen molar-refractivity contribution in [2.45, 2.75) is 12.8 Å².